The van der Waals surface area contributed by atoms with Gasteiger partial charge in [0.05, 0.1) is 11.9 Å². The molecule has 0 spiro atoms. The maximum Gasteiger partial charge on any atom is 0.220 e. The van der Waals surface area contributed by atoms with Crippen LogP contribution in [0.5, 0.6) is 5.88 Å². The second-order valence-corrected chi connectivity index (χ2v) is 7.26. The molecule has 1 aromatic carbocycles. The normalized spacial score (nSPS) is 15.2. The summed E-state index contributed by atoms with van der Waals surface area (Å²) in [5, 5.41) is 18.6. The number of fused-ring (bicyclic) bond motifs is 1. The minimum absolute atomic E-state index is 0.0927. The zero-order chi connectivity index (χ0) is 18.8. The first kappa shape index (κ1) is 18.5. The third kappa shape index (κ3) is 3.11. The highest BCUT2D eigenvalue weighted by Crippen LogP contribution is 2.37. The summed E-state index contributed by atoms with van der Waals surface area (Å²) in [5.41, 5.74) is 4.56. The van der Waals surface area contributed by atoms with E-state index in [1.54, 1.807) is 11.8 Å². The molecule has 138 valence electrons. The average molecular weight is 373 g/mol. The number of carbonyl (C=O) groups excluding carboxylic acids is 1. The van der Waals surface area contributed by atoms with Gasteiger partial charge in [-0.2, -0.15) is 5.10 Å². The van der Waals surface area contributed by atoms with Gasteiger partial charge in [0.25, 0.3) is 0 Å². The smallest absolute Gasteiger partial charge is 0.220 e. The Bertz CT molecular complexity index is 887. The van der Waals surface area contributed by atoms with Crippen LogP contribution in [0, 0.1) is 13.8 Å². The van der Waals surface area contributed by atoms with E-state index in [1.165, 1.54) is 10.9 Å². The molecule has 0 aliphatic carbocycles. The van der Waals surface area contributed by atoms with Crippen molar-refractivity contribution in [3.05, 3.63) is 40.1 Å². The second-order valence-electron chi connectivity index (χ2n) is 6.15. The minimum atomic E-state index is -0.225. The van der Waals surface area contributed by atoms with E-state index >= 15 is 0 Å². The Balaban J connectivity index is 2.13. The Morgan fingerprint density at radius 3 is 2.81 bits per heavy atom. The van der Waals surface area contributed by atoms with Crippen LogP contribution in [0.2, 0.25) is 0 Å². The van der Waals surface area contributed by atoms with Gasteiger partial charge in [-0.25, -0.2) is 4.68 Å². The number of carbonyl (C=O) groups is 1. The number of aromatic hydroxyl groups is 1. The van der Waals surface area contributed by atoms with Crippen molar-refractivity contribution < 1.29 is 14.7 Å². The number of oxime groups is 1. The molecule has 7 heteroatoms. The van der Waals surface area contributed by atoms with Gasteiger partial charge in [0.15, 0.2) is 5.78 Å². The molecule has 2 heterocycles. The molecule has 2 aromatic rings. The number of thioether (sulfide) groups is 1. The first-order valence-electron chi connectivity index (χ1n) is 8.75. The Morgan fingerprint density at radius 1 is 1.38 bits per heavy atom. The van der Waals surface area contributed by atoms with Crippen molar-refractivity contribution in [2.45, 2.75) is 45.6 Å². The summed E-state index contributed by atoms with van der Waals surface area (Å²) in [4.78, 5) is 19.5. The molecule has 1 aliphatic rings. The van der Waals surface area contributed by atoms with Crippen molar-refractivity contribution in [3.8, 4) is 5.88 Å². The van der Waals surface area contributed by atoms with E-state index < -0.39 is 0 Å². The average Bonchev–Trinajstić information content (AvgIpc) is 3.02. The molecular formula is C19H23N3O3S. The van der Waals surface area contributed by atoms with Crippen molar-refractivity contribution in [3.63, 3.8) is 0 Å². The molecule has 26 heavy (non-hydrogen) atoms. The summed E-state index contributed by atoms with van der Waals surface area (Å²) < 4.78 is 1.41. The van der Waals surface area contributed by atoms with Crippen LogP contribution in [0.3, 0.4) is 0 Å². The number of ketones is 1. The molecule has 0 bridgehead atoms. The van der Waals surface area contributed by atoms with Gasteiger partial charge in [-0.05, 0) is 44.9 Å². The van der Waals surface area contributed by atoms with E-state index in [1.807, 2.05) is 33.8 Å². The zero-order valence-electron chi connectivity index (χ0n) is 15.5. The van der Waals surface area contributed by atoms with Crippen LogP contribution in [0.1, 0.15) is 52.9 Å². The van der Waals surface area contributed by atoms with Crippen molar-refractivity contribution >= 4 is 23.3 Å². The SMILES string of the molecule is CCON=C1CCSc2c(C)cc(C(=O)c3cnn(CC)c3O)c(C)c21. The van der Waals surface area contributed by atoms with Gasteiger partial charge in [0.2, 0.25) is 5.88 Å². The Kier molecular flexibility index (Phi) is 5.36. The van der Waals surface area contributed by atoms with Gasteiger partial charge in [-0.15, -0.1) is 11.8 Å². The molecule has 1 N–H and O–H groups in total. The lowest BCUT2D eigenvalue weighted by Crippen LogP contribution is -2.17. The fourth-order valence-corrected chi connectivity index (χ4v) is 4.39. The summed E-state index contributed by atoms with van der Waals surface area (Å²) in [7, 11) is 0. The molecule has 6 nitrogen and oxygen atoms in total. The molecule has 3 rings (SSSR count). The lowest BCUT2D eigenvalue weighted by molar-refractivity contribution is 0.103. The first-order chi connectivity index (χ1) is 12.5. The molecule has 0 unspecified atom stereocenters. The maximum absolute atomic E-state index is 13.1. The summed E-state index contributed by atoms with van der Waals surface area (Å²) in [6, 6.07) is 1.90. The number of nitrogens with zero attached hydrogens (tertiary/aromatic N) is 3. The lowest BCUT2D eigenvalue weighted by Gasteiger charge is -2.23. The topological polar surface area (TPSA) is 76.7 Å². The van der Waals surface area contributed by atoms with E-state index in [2.05, 4.69) is 10.3 Å². The molecule has 0 atom stereocenters. The molecule has 0 saturated carbocycles. The van der Waals surface area contributed by atoms with E-state index in [4.69, 9.17) is 4.84 Å². The highest BCUT2D eigenvalue weighted by atomic mass is 32.2. The molecule has 0 radical (unpaired) electrons. The monoisotopic (exact) mass is 373 g/mol. The number of hydrogen-bond donors (Lipinski definition) is 1. The quantitative estimate of drug-likeness (QED) is 0.639. The number of aryl methyl sites for hydroxylation is 2. The second kappa shape index (κ2) is 7.53. The van der Waals surface area contributed by atoms with Crippen LogP contribution in [0.25, 0.3) is 0 Å². The first-order valence-corrected chi connectivity index (χ1v) is 9.73. The van der Waals surface area contributed by atoms with Crippen LogP contribution in [0.4, 0.5) is 0 Å². The summed E-state index contributed by atoms with van der Waals surface area (Å²) in [6.45, 7) is 8.70. The van der Waals surface area contributed by atoms with Gasteiger partial charge < -0.3 is 9.94 Å². The lowest BCUT2D eigenvalue weighted by atomic mass is 9.91. The third-order valence-electron chi connectivity index (χ3n) is 4.50. The van der Waals surface area contributed by atoms with E-state index in [0.29, 0.717) is 18.7 Å². The van der Waals surface area contributed by atoms with Crippen molar-refractivity contribution in [2.24, 2.45) is 5.16 Å². The summed E-state index contributed by atoms with van der Waals surface area (Å²) in [6.07, 6.45) is 2.23. The predicted octanol–water partition coefficient (Wildman–Crippen LogP) is 3.69. The fraction of sp³-hybridized carbons (Fsp3) is 0.421. The van der Waals surface area contributed by atoms with Crippen LogP contribution in [-0.4, -0.2) is 38.7 Å². The molecule has 0 amide bonds. The standard InChI is InChI=1S/C19H23N3O3S/c1-5-22-19(24)14(10-20-22)17(23)13-9-11(3)18-16(12(13)4)15(7-8-26-18)21-25-6-2/h9-10,24H,5-8H2,1-4H3. The zero-order valence-corrected chi connectivity index (χ0v) is 16.3. The molecule has 0 fully saturated rings. The van der Waals surface area contributed by atoms with Crippen molar-refractivity contribution in [1.29, 1.82) is 0 Å². The molecule has 0 saturated heterocycles. The van der Waals surface area contributed by atoms with Crippen LogP contribution >= 0.6 is 11.8 Å². The Hall–Kier alpha value is -2.28. The largest absolute Gasteiger partial charge is 0.493 e. The summed E-state index contributed by atoms with van der Waals surface area (Å²) in [5.74, 6) is 0.623. The minimum Gasteiger partial charge on any atom is -0.493 e. The van der Waals surface area contributed by atoms with E-state index in [9.17, 15) is 9.90 Å². The Morgan fingerprint density at radius 2 is 2.15 bits per heavy atom. The van der Waals surface area contributed by atoms with Gasteiger partial charge in [-0.3, -0.25) is 4.79 Å². The van der Waals surface area contributed by atoms with Crippen molar-refractivity contribution in [2.75, 3.05) is 12.4 Å². The highest BCUT2D eigenvalue weighted by molar-refractivity contribution is 7.99. The number of hydrogen-bond acceptors (Lipinski definition) is 6. The number of rotatable bonds is 5. The maximum atomic E-state index is 13.1. The van der Waals surface area contributed by atoms with Gasteiger partial charge in [0, 0.05) is 34.7 Å². The molecule has 1 aliphatic heterocycles. The van der Waals surface area contributed by atoms with Gasteiger partial charge in [-0.1, -0.05) is 5.16 Å². The highest BCUT2D eigenvalue weighted by Gasteiger charge is 2.27. The fourth-order valence-electron chi connectivity index (χ4n) is 3.19. The van der Waals surface area contributed by atoms with Crippen LogP contribution in [-0.2, 0) is 11.4 Å². The number of benzene rings is 1. The predicted molar refractivity (Wildman–Crippen MR) is 102 cm³/mol. The molecular weight excluding hydrogens is 350 g/mol. The van der Waals surface area contributed by atoms with Crippen molar-refractivity contribution in [1.82, 2.24) is 9.78 Å². The van der Waals surface area contributed by atoms with Gasteiger partial charge >= 0.3 is 0 Å². The van der Waals surface area contributed by atoms with Gasteiger partial charge in [0.1, 0.15) is 12.2 Å². The van der Waals surface area contributed by atoms with Crippen LogP contribution in [0.15, 0.2) is 22.3 Å². The summed E-state index contributed by atoms with van der Waals surface area (Å²) >= 11 is 1.78. The Labute approximate surface area is 157 Å². The van der Waals surface area contributed by atoms with E-state index in [0.717, 1.165) is 39.5 Å². The molecule has 1 aromatic heterocycles. The number of aromatic nitrogens is 2. The van der Waals surface area contributed by atoms with E-state index in [-0.39, 0.29) is 17.2 Å². The van der Waals surface area contributed by atoms with Crippen LogP contribution < -0.4 is 0 Å². The third-order valence-corrected chi connectivity index (χ3v) is 5.73.